The van der Waals surface area contributed by atoms with Gasteiger partial charge in [0.2, 0.25) is 5.52 Å². The molecule has 0 unspecified atom stereocenters. The van der Waals surface area contributed by atoms with Gasteiger partial charge >= 0.3 is 5.65 Å². The highest BCUT2D eigenvalue weighted by atomic mass is 15.2. The summed E-state index contributed by atoms with van der Waals surface area (Å²) in [5, 5.41) is 2.77. The molecule has 0 saturated heterocycles. The summed E-state index contributed by atoms with van der Waals surface area (Å²) in [6, 6.07) is 20.2. The second kappa shape index (κ2) is 5.16. The Balaban J connectivity index is 1.88. The topological polar surface area (TPSA) is 12.2 Å². The molecule has 152 valence electrons. The molecule has 2 aliphatic heterocycles. The van der Waals surface area contributed by atoms with E-state index < -0.39 is 0 Å². The van der Waals surface area contributed by atoms with E-state index in [-0.39, 0.29) is 10.8 Å². The van der Waals surface area contributed by atoms with Gasteiger partial charge in [-0.2, -0.15) is 4.40 Å². The monoisotopic (exact) mass is 405 g/mol. The van der Waals surface area contributed by atoms with Crippen LogP contribution in [0.2, 0.25) is 0 Å². The summed E-state index contributed by atoms with van der Waals surface area (Å²) in [5.41, 5.74) is 11.1. The molecule has 0 atom stereocenters. The van der Waals surface area contributed by atoms with Crippen molar-refractivity contribution in [2.75, 3.05) is 0 Å². The van der Waals surface area contributed by atoms with E-state index in [0.29, 0.717) is 0 Å². The molecule has 0 N–H and O–H groups in total. The third kappa shape index (κ3) is 1.76. The number of hydrogen-bond acceptors (Lipinski definition) is 0. The first-order valence-corrected chi connectivity index (χ1v) is 11.2. The third-order valence-electron chi connectivity index (χ3n) is 8.54. The molecule has 31 heavy (non-hydrogen) atoms. The van der Waals surface area contributed by atoms with Gasteiger partial charge in [0.1, 0.15) is 19.0 Å². The smallest absolute Gasteiger partial charge is 0.218 e. The van der Waals surface area contributed by atoms with Crippen LogP contribution in [0, 0.1) is 0 Å². The van der Waals surface area contributed by atoms with Crippen LogP contribution in [0.25, 0.3) is 38.7 Å². The number of hydrogen-bond donors (Lipinski definition) is 0. The van der Waals surface area contributed by atoms with Gasteiger partial charge in [-0.3, -0.25) is 0 Å². The van der Waals surface area contributed by atoms with E-state index in [0.717, 1.165) is 6.54 Å². The van der Waals surface area contributed by atoms with Crippen molar-refractivity contribution in [1.29, 1.82) is 0 Å². The summed E-state index contributed by atoms with van der Waals surface area (Å²) in [7, 11) is 2.19. The SMILES string of the molecule is C[n+]1ccc2c3c1c1cccc4c1n1c(c(-c5ccccc5)[n+](c31)C2)C(C)(C)C4(C)C. The van der Waals surface area contributed by atoms with E-state index in [9.17, 15) is 0 Å². The Kier molecular flexibility index (Phi) is 2.91. The van der Waals surface area contributed by atoms with Gasteiger partial charge in [-0.1, -0.05) is 70.2 Å². The maximum Gasteiger partial charge on any atom is 0.302 e. The minimum Gasteiger partial charge on any atom is -0.218 e. The van der Waals surface area contributed by atoms with Crippen molar-refractivity contribution in [1.82, 2.24) is 4.40 Å². The molecule has 5 aromatic rings. The van der Waals surface area contributed by atoms with Crippen LogP contribution in [0.5, 0.6) is 0 Å². The molecule has 0 radical (unpaired) electrons. The summed E-state index contributed by atoms with van der Waals surface area (Å²) in [6.07, 6.45) is 2.23. The van der Waals surface area contributed by atoms with Crippen molar-refractivity contribution in [3.05, 3.63) is 77.6 Å². The fourth-order valence-electron chi connectivity index (χ4n) is 6.33. The first-order valence-electron chi connectivity index (χ1n) is 11.2. The van der Waals surface area contributed by atoms with Crippen molar-refractivity contribution in [2.45, 2.75) is 45.1 Å². The quantitative estimate of drug-likeness (QED) is 0.271. The second-order valence-electron chi connectivity index (χ2n) is 10.4. The van der Waals surface area contributed by atoms with Crippen LogP contribution in [-0.4, -0.2) is 4.40 Å². The highest BCUT2D eigenvalue weighted by Gasteiger charge is 2.54. The molecule has 3 nitrogen and oxygen atoms in total. The van der Waals surface area contributed by atoms with Crippen molar-refractivity contribution >= 4 is 27.5 Å². The number of pyridine rings is 2. The summed E-state index contributed by atoms with van der Waals surface area (Å²) in [5.74, 6) is 0. The van der Waals surface area contributed by atoms with Crippen LogP contribution in [0.15, 0.2) is 60.8 Å². The number of imidazole rings is 1. The Morgan fingerprint density at radius 1 is 0.871 bits per heavy atom. The Hall–Kier alpha value is -3.20. The molecular weight excluding hydrogens is 378 g/mol. The van der Waals surface area contributed by atoms with Crippen LogP contribution < -0.4 is 9.13 Å². The highest BCUT2D eigenvalue weighted by molar-refractivity contribution is 6.11. The van der Waals surface area contributed by atoms with Crippen molar-refractivity contribution in [2.24, 2.45) is 7.05 Å². The molecule has 3 heteroatoms. The number of aryl methyl sites for hydroxylation is 1. The Bertz CT molecular complexity index is 1600. The summed E-state index contributed by atoms with van der Waals surface area (Å²) in [6.45, 7) is 10.7. The van der Waals surface area contributed by atoms with Crippen molar-refractivity contribution in [3.63, 3.8) is 0 Å². The molecule has 0 saturated carbocycles. The van der Waals surface area contributed by atoms with Gasteiger partial charge in [0.05, 0.1) is 5.39 Å². The summed E-state index contributed by atoms with van der Waals surface area (Å²) >= 11 is 0. The van der Waals surface area contributed by atoms with E-state index >= 15 is 0 Å². The standard InChI is InChI=1S/C28H27N3/c1-27(2)20-13-9-12-19-23(20)31-25(28(27,3)4)22(17-10-7-6-8-11-17)30-16-18-14-15-29(5)24(19)21(18)26(30)31/h6-15H,16H2,1-5H3/q+2. The van der Waals surface area contributed by atoms with E-state index in [1.165, 1.54) is 55.5 Å². The van der Waals surface area contributed by atoms with Gasteiger partial charge in [-0.15, -0.1) is 0 Å². The van der Waals surface area contributed by atoms with Gasteiger partial charge in [0.25, 0.3) is 0 Å². The number of nitrogens with zero attached hydrogens (tertiary/aromatic N) is 3. The predicted molar refractivity (Wildman–Crippen MR) is 124 cm³/mol. The highest BCUT2D eigenvalue weighted by Crippen LogP contribution is 2.53. The number of aromatic nitrogens is 3. The molecule has 0 aliphatic carbocycles. The predicted octanol–water partition coefficient (Wildman–Crippen LogP) is 4.96. The largest absolute Gasteiger partial charge is 0.302 e. The molecule has 0 amide bonds. The van der Waals surface area contributed by atoms with Crippen LogP contribution in [-0.2, 0) is 24.4 Å². The number of benzene rings is 2. The van der Waals surface area contributed by atoms with Gasteiger partial charge in [0.15, 0.2) is 23.1 Å². The minimum absolute atomic E-state index is 0.00178. The van der Waals surface area contributed by atoms with E-state index in [2.05, 4.69) is 109 Å². The zero-order chi connectivity index (χ0) is 21.3. The van der Waals surface area contributed by atoms with Crippen LogP contribution in [0.4, 0.5) is 0 Å². The molecule has 0 bridgehead atoms. The van der Waals surface area contributed by atoms with E-state index in [1.54, 1.807) is 0 Å². The van der Waals surface area contributed by atoms with Gasteiger partial charge in [0, 0.05) is 33.6 Å². The normalized spacial score (nSPS) is 17.6. The van der Waals surface area contributed by atoms with Crippen molar-refractivity contribution in [3.8, 4) is 11.3 Å². The summed E-state index contributed by atoms with van der Waals surface area (Å²) in [4.78, 5) is 0. The average molecular weight is 406 g/mol. The molecule has 2 aliphatic rings. The minimum atomic E-state index is -0.0320. The zero-order valence-corrected chi connectivity index (χ0v) is 18.8. The lowest BCUT2D eigenvalue weighted by Crippen LogP contribution is -2.45. The first kappa shape index (κ1) is 17.5. The lowest BCUT2D eigenvalue weighted by atomic mass is 9.60. The zero-order valence-electron chi connectivity index (χ0n) is 18.8. The lowest BCUT2D eigenvalue weighted by Gasteiger charge is -2.43. The molecule has 7 rings (SSSR count). The van der Waals surface area contributed by atoms with Gasteiger partial charge in [-0.25, -0.2) is 9.13 Å². The van der Waals surface area contributed by atoms with E-state index in [4.69, 9.17) is 0 Å². The Morgan fingerprint density at radius 2 is 1.65 bits per heavy atom. The molecule has 2 aromatic carbocycles. The van der Waals surface area contributed by atoms with Crippen LogP contribution in [0.1, 0.15) is 44.5 Å². The summed E-state index contributed by atoms with van der Waals surface area (Å²) < 4.78 is 7.52. The van der Waals surface area contributed by atoms with E-state index in [1.807, 2.05) is 0 Å². The van der Waals surface area contributed by atoms with Gasteiger partial charge < -0.3 is 0 Å². The van der Waals surface area contributed by atoms with Crippen molar-refractivity contribution < 1.29 is 9.13 Å². The maximum atomic E-state index is 2.62. The maximum absolute atomic E-state index is 2.62. The second-order valence-corrected chi connectivity index (χ2v) is 10.4. The number of rotatable bonds is 1. The molecular formula is C28H27N3+2. The molecule has 0 fully saturated rings. The Morgan fingerprint density at radius 3 is 2.42 bits per heavy atom. The third-order valence-corrected chi connectivity index (χ3v) is 8.54. The lowest BCUT2D eigenvalue weighted by molar-refractivity contribution is -0.646. The van der Waals surface area contributed by atoms with Gasteiger partial charge in [-0.05, 0) is 6.07 Å². The number of para-hydroxylation sites is 1. The molecule has 0 spiro atoms. The molecule has 5 heterocycles. The Labute approximate surface area is 182 Å². The molecule has 3 aromatic heterocycles. The average Bonchev–Trinajstić information content (AvgIpc) is 3.29. The first-order chi connectivity index (χ1) is 14.8. The fraction of sp³-hybridized carbons (Fsp3) is 0.286. The van der Waals surface area contributed by atoms with Crippen LogP contribution in [0.3, 0.4) is 0 Å². The number of fused-ring (bicyclic) bond motifs is 1. The fourth-order valence-corrected chi connectivity index (χ4v) is 6.33. The van der Waals surface area contributed by atoms with Crippen LogP contribution >= 0.6 is 0 Å².